The summed E-state index contributed by atoms with van der Waals surface area (Å²) in [5, 5.41) is 10.4. The standard InChI is InChI=1S/C14H24O2/c1-10-8-12(10)13(15)11-4-7-16-14(9-11)5-2-3-6-14/h10-13,15H,2-9H2,1H3. The number of rotatable bonds is 2. The molecule has 0 amide bonds. The van der Waals surface area contributed by atoms with Gasteiger partial charge in [-0.05, 0) is 49.9 Å². The Kier molecular flexibility index (Phi) is 2.75. The molecule has 16 heavy (non-hydrogen) atoms. The summed E-state index contributed by atoms with van der Waals surface area (Å²) in [7, 11) is 0. The van der Waals surface area contributed by atoms with Gasteiger partial charge in [0, 0.05) is 6.61 Å². The molecule has 2 saturated carbocycles. The molecule has 1 spiro atoms. The van der Waals surface area contributed by atoms with Gasteiger partial charge in [-0.2, -0.15) is 0 Å². The van der Waals surface area contributed by atoms with Crippen molar-refractivity contribution in [2.24, 2.45) is 17.8 Å². The number of hydrogen-bond donors (Lipinski definition) is 1. The molecule has 3 fully saturated rings. The van der Waals surface area contributed by atoms with Gasteiger partial charge in [0.2, 0.25) is 0 Å². The zero-order valence-corrected chi connectivity index (χ0v) is 10.3. The largest absolute Gasteiger partial charge is 0.393 e. The van der Waals surface area contributed by atoms with Gasteiger partial charge < -0.3 is 9.84 Å². The minimum atomic E-state index is -0.0450. The molecule has 2 nitrogen and oxygen atoms in total. The highest BCUT2D eigenvalue weighted by molar-refractivity contribution is 4.97. The van der Waals surface area contributed by atoms with Crippen molar-refractivity contribution in [1.29, 1.82) is 0 Å². The summed E-state index contributed by atoms with van der Waals surface area (Å²) in [6.07, 6.45) is 8.50. The van der Waals surface area contributed by atoms with E-state index in [1.807, 2.05) is 0 Å². The second kappa shape index (κ2) is 3.99. The predicted molar refractivity (Wildman–Crippen MR) is 63.2 cm³/mol. The van der Waals surface area contributed by atoms with Crippen molar-refractivity contribution in [2.45, 2.75) is 63.6 Å². The highest BCUT2D eigenvalue weighted by Crippen LogP contribution is 2.48. The maximum absolute atomic E-state index is 10.4. The molecule has 4 unspecified atom stereocenters. The lowest BCUT2D eigenvalue weighted by molar-refractivity contribution is -0.115. The molecule has 0 aromatic heterocycles. The Morgan fingerprint density at radius 3 is 2.62 bits per heavy atom. The molecule has 1 saturated heterocycles. The van der Waals surface area contributed by atoms with E-state index in [1.54, 1.807) is 0 Å². The first-order valence-corrected chi connectivity index (χ1v) is 7.02. The molecule has 1 N–H and O–H groups in total. The van der Waals surface area contributed by atoms with Crippen molar-refractivity contribution in [3.8, 4) is 0 Å². The molecular formula is C14H24O2. The number of hydrogen-bond acceptors (Lipinski definition) is 2. The van der Waals surface area contributed by atoms with Gasteiger partial charge in [0.1, 0.15) is 0 Å². The molecule has 2 aliphatic carbocycles. The minimum absolute atomic E-state index is 0.0450. The second-order valence-corrected chi connectivity index (χ2v) is 6.36. The predicted octanol–water partition coefficient (Wildman–Crippen LogP) is 2.74. The Morgan fingerprint density at radius 1 is 1.31 bits per heavy atom. The van der Waals surface area contributed by atoms with Gasteiger partial charge in [-0.1, -0.05) is 19.8 Å². The van der Waals surface area contributed by atoms with Gasteiger partial charge in [-0.3, -0.25) is 0 Å². The quantitative estimate of drug-likeness (QED) is 0.781. The second-order valence-electron chi connectivity index (χ2n) is 6.36. The minimum Gasteiger partial charge on any atom is -0.393 e. The van der Waals surface area contributed by atoms with Crippen LogP contribution in [-0.2, 0) is 4.74 Å². The number of aliphatic hydroxyl groups is 1. The summed E-state index contributed by atoms with van der Waals surface area (Å²) in [4.78, 5) is 0. The Bertz CT molecular complexity index is 257. The lowest BCUT2D eigenvalue weighted by Crippen LogP contribution is -2.41. The lowest BCUT2D eigenvalue weighted by Gasteiger charge is -2.40. The molecule has 92 valence electrons. The first kappa shape index (κ1) is 11.0. The SMILES string of the molecule is CC1CC1C(O)C1CCOC2(CCCC2)C1. The van der Waals surface area contributed by atoms with Crippen molar-refractivity contribution < 1.29 is 9.84 Å². The number of aliphatic hydroxyl groups excluding tert-OH is 1. The van der Waals surface area contributed by atoms with Gasteiger partial charge in [-0.25, -0.2) is 0 Å². The van der Waals surface area contributed by atoms with E-state index in [9.17, 15) is 5.11 Å². The zero-order valence-electron chi connectivity index (χ0n) is 10.3. The van der Waals surface area contributed by atoms with Gasteiger partial charge in [0.05, 0.1) is 11.7 Å². The zero-order chi connectivity index (χ0) is 11.2. The van der Waals surface area contributed by atoms with Gasteiger partial charge in [-0.15, -0.1) is 0 Å². The topological polar surface area (TPSA) is 29.5 Å². The fraction of sp³-hybridized carbons (Fsp3) is 1.00. The highest BCUT2D eigenvalue weighted by Gasteiger charge is 2.47. The Balaban J connectivity index is 1.63. The van der Waals surface area contributed by atoms with Crippen LogP contribution in [0.25, 0.3) is 0 Å². The van der Waals surface area contributed by atoms with Crippen LogP contribution in [0.4, 0.5) is 0 Å². The summed E-state index contributed by atoms with van der Waals surface area (Å²) in [6, 6.07) is 0. The maximum Gasteiger partial charge on any atom is 0.0686 e. The summed E-state index contributed by atoms with van der Waals surface area (Å²) in [5.41, 5.74) is 0.169. The van der Waals surface area contributed by atoms with Crippen molar-refractivity contribution in [3.05, 3.63) is 0 Å². The molecule has 0 aromatic rings. The number of ether oxygens (including phenoxy) is 1. The van der Waals surface area contributed by atoms with Crippen LogP contribution in [0, 0.1) is 17.8 Å². The third kappa shape index (κ3) is 1.91. The van der Waals surface area contributed by atoms with Crippen LogP contribution in [0.5, 0.6) is 0 Å². The smallest absolute Gasteiger partial charge is 0.0686 e. The van der Waals surface area contributed by atoms with Crippen LogP contribution >= 0.6 is 0 Å². The van der Waals surface area contributed by atoms with Crippen LogP contribution in [0.1, 0.15) is 51.9 Å². The van der Waals surface area contributed by atoms with Crippen molar-refractivity contribution in [2.75, 3.05) is 6.61 Å². The van der Waals surface area contributed by atoms with E-state index in [2.05, 4.69) is 6.92 Å². The van der Waals surface area contributed by atoms with E-state index >= 15 is 0 Å². The summed E-state index contributed by atoms with van der Waals surface area (Å²) in [5.74, 6) is 1.88. The third-order valence-electron chi connectivity index (χ3n) is 5.14. The first-order valence-electron chi connectivity index (χ1n) is 7.02. The van der Waals surface area contributed by atoms with Crippen LogP contribution in [0.3, 0.4) is 0 Å². The summed E-state index contributed by atoms with van der Waals surface area (Å²) >= 11 is 0. The third-order valence-corrected chi connectivity index (χ3v) is 5.14. The summed E-state index contributed by atoms with van der Waals surface area (Å²) in [6.45, 7) is 3.14. The van der Waals surface area contributed by atoms with Crippen molar-refractivity contribution in [3.63, 3.8) is 0 Å². The molecule has 4 atom stereocenters. The molecule has 3 rings (SSSR count). The fourth-order valence-corrected chi connectivity index (χ4v) is 3.90. The Labute approximate surface area is 98.4 Å². The van der Waals surface area contributed by atoms with E-state index in [0.29, 0.717) is 11.8 Å². The Hall–Kier alpha value is -0.0800. The van der Waals surface area contributed by atoms with E-state index in [-0.39, 0.29) is 11.7 Å². The van der Waals surface area contributed by atoms with Crippen molar-refractivity contribution in [1.82, 2.24) is 0 Å². The molecule has 0 radical (unpaired) electrons. The van der Waals surface area contributed by atoms with E-state index in [1.165, 1.54) is 32.1 Å². The first-order chi connectivity index (χ1) is 7.70. The van der Waals surface area contributed by atoms with Crippen LogP contribution in [-0.4, -0.2) is 23.4 Å². The van der Waals surface area contributed by atoms with Crippen LogP contribution < -0.4 is 0 Å². The van der Waals surface area contributed by atoms with E-state index < -0.39 is 0 Å². The molecule has 1 aliphatic heterocycles. The van der Waals surface area contributed by atoms with Crippen LogP contribution in [0.15, 0.2) is 0 Å². The molecular weight excluding hydrogens is 200 g/mol. The van der Waals surface area contributed by atoms with Gasteiger partial charge in [0.15, 0.2) is 0 Å². The molecule has 2 heteroatoms. The average Bonchev–Trinajstić information content (AvgIpc) is 2.85. The van der Waals surface area contributed by atoms with Gasteiger partial charge >= 0.3 is 0 Å². The summed E-state index contributed by atoms with van der Waals surface area (Å²) < 4.78 is 6.02. The average molecular weight is 224 g/mol. The molecule has 3 aliphatic rings. The lowest BCUT2D eigenvalue weighted by atomic mass is 9.80. The fourth-order valence-electron chi connectivity index (χ4n) is 3.90. The highest BCUT2D eigenvalue weighted by atomic mass is 16.5. The normalized spacial score (nSPS) is 43.5. The molecule has 1 heterocycles. The Morgan fingerprint density at radius 2 is 2.00 bits per heavy atom. The van der Waals surface area contributed by atoms with Crippen LogP contribution in [0.2, 0.25) is 0 Å². The van der Waals surface area contributed by atoms with Gasteiger partial charge in [0.25, 0.3) is 0 Å². The van der Waals surface area contributed by atoms with E-state index in [0.717, 1.165) is 25.4 Å². The molecule has 0 bridgehead atoms. The molecule has 0 aromatic carbocycles. The van der Waals surface area contributed by atoms with E-state index in [4.69, 9.17) is 4.74 Å². The monoisotopic (exact) mass is 224 g/mol. The van der Waals surface area contributed by atoms with Crippen molar-refractivity contribution >= 4 is 0 Å². The maximum atomic E-state index is 10.4.